The molecule has 1 aromatic rings. The Bertz CT molecular complexity index is 599. The molecule has 0 N–H and O–H groups in total. The van der Waals surface area contributed by atoms with Crippen LogP contribution >= 0.6 is 15.9 Å². The van der Waals surface area contributed by atoms with Crippen LogP contribution in [0.5, 0.6) is 0 Å². The van der Waals surface area contributed by atoms with Gasteiger partial charge in [-0.05, 0) is 48.8 Å². The first-order valence-electron chi connectivity index (χ1n) is 8.65. The number of hydrogen-bond acceptors (Lipinski definition) is 2. The zero-order valence-corrected chi connectivity index (χ0v) is 15.9. The van der Waals surface area contributed by atoms with Crippen LogP contribution in [-0.2, 0) is 14.9 Å². The number of halogens is 1. The maximum Gasteiger partial charge on any atom is 0.230 e. The lowest BCUT2D eigenvalue weighted by molar-refractivity contribution is -0.127. The fraction of sp³-hybridized carbons (Fsp3) is 0.632. The topological polar surface area (TPSA) is 29.5 Å². The second kappa shape index (κ2) is 6.56. The fourth-order valence-electron chi connectivity index (χ4n) is 3.79. The molecule has 0 aliphatic carbocycles. The number of ether oxygens (including phenoxy) is 1. The summed E-state index contributed by atoms with van der Waals surface area (Å²) in [5.74, 6) is 0.378. The molecule has 3 nitrogen and oxygen atoms in total. The smallest absolute Gasteiger partial charge is 0.230 e. The van der Waals surface area contributed by atoms with Crippen LogP contribution in [0.2, 0.25) is 0 Å². The molecule has 0 saturated carbocycles. The van der Waals surface area contributed by atoms with E-state index in [-0.39, 0.29) is 23.3 Å². The van der Waals surface area contributed by atoms with Crippen molar-refractivity contribution in [3.8, 4) is 0 Å². The number of amides is 1. The van der Waals surface area contributed by atoms with Crippen LogP contribution in [0.25, 0.3) is 0 Å². The molecule has 4 heteroatoms. The summed E-state index contributed by atoms with van der Waals surface area (Å²) in [6, 6.07) is 6.35. The minimum absolute atomic E-state index is 0.0988. The van der Waals surface area contributed by atoms with Gasteiger partial charge in [-0.15, -0.1) is 0 Å². The van der Waals surface area contributed by atoms with Gasteiger partial charge in [0.05, 0.1) is 6.10 Å². The maximum absolute atomic E-state index is 13.2. The van der Waals surface area contributed by atoms with Crippen LogP contribution in [0.15, 0.2) is 22.7 Å². The van der Waals surface area contributed by atoms with Gasteiger partial charge in [0.1, 0.15) is 0 Å². The van der Waals surface area contributed by atoms with Gasteiger partial charge in [0.25, 0.3) is 0 Å². The Kier molecular flexibility index (Phi) is 4.84. The predicted octanol–water partition coefficient (Wildman–Crippen LogP) is 4.67. The fourth-order valence-corrected chi connectivity index (χ4v) is 4.13. The predicted molar refractivity (Wildman–Crippen MR) is 96.9 cm³/mol. The Hall–Kier alpha value is -0.870. The lowest BCUT2D eigenvalue weighted by Gasteiger charge is -2.41. The van der Waals surface area contributed by atoms with Gasteiger partial charge in [-0.2, -0.15) is 0 Å². The van der Waals surface area contributed by atoms with Crippen LogP contribution < -0.4 is 4.90 Å². The maximum atomic E-state index is 13.2. The molecule has 1 aromatic carbocycles. The minimum Gasteiger partial charge on any atom is -0.378 e. The highest BCUT2D eigenvalue weighted by molar-refractivity contribution is 9.10. The van der Waals surface area contributed by atoms with Crippen molar-refractivity contribution in [3.05, 3.63) is 28.2 Å². The van der Waals surface area contributed by atoms with Crippen LogP contribution in [-0.4, -0.2) is 25.2 Å². The standard InChI is InChI=1S/C19H26BrNO2/c1-4-15-11-13(7-10-23-15)18(22)21-9-8-19(2,3)16-6-5-14(20)12-17(16)21/h5-6,12-13,15H,4,7-11H2,1-3H3. The normalized spacial score (nSPS) is 26.7. The third-order valence-corrected chi connectivity index (χ3v) is 5.87. The highest BCUT2D eigenvalue weighted by atomic mass is 79.9. The van der Waals surface area contributed by atoms with Crippen molar-refractivity contribution < 1.29 is 9.53 Å². The molecule has 0 aromatic heterocycles. The van der Waals surface area contributed by atoms with Gasteiger partial charge in [-0.25, -0.2) is 0 Å². The highest BCUT2D eigenvalue weighted by Gasteiger charge is 2.37. The Morgan fingerprint density at radius 1 is 1.43 bits per heavy atom. The number of carbonyl (C=O) groups excluding carboxylic acids is 1. The van der Waals surface area contributed by atoms with Crippen molar-refractivity contribution in [1.29, 1.82) is 0 Å². The van der Waals surface area contributed by atoms with Crippen molar-refractivity contribution in [2.24, 2.45) is 5.92 Å². The van der Waals surface area contributed by atoms with E-state index in [1.54, 1.807) is 0 Å². The number of fused-ring (bicyclic) bond motifs is 1. The summed E-state index contributed by atoms with van der Waals surface area (Å²) in [5, 5.41) is 0. The largest absolute Gasteiger partial charge is 0.378 e. The Morgan fingerprint density at radius 2 is 2.22 bits per heavy atom. The van der Waals surface area contributed by atoms with E-state index < -0.39 is 0 Å². The molecule has 2 atom stereocenters. The molecule has 0 spiro atoms. The molecule has 2 aliphatic rings. The molecule has 2 unspecified atom stereocenters. The van der Waals surface area contributed by atoms with Gasteiger partial charge in [0, 0.05) is 29.2 Å². The van der Waals surface area contributed by atoms with E-state index in [4.69, 9.17) is 4.74 Å². The average Bonchev–Trinajstić information content (AvgIpc) is 2.54. The molecular formula is C19H26BrNO2. The Morgan fingerprint density at radius 3 is 2.96 bits per heavy atom. The molecule has 1 amide bonds. The zero-order chi connectivity index (χ0) is 16.6. The summed E-state index contributed by atoms with van der Waals surface area (Å²) in [4.78, 5) is 15.2. The van der Waals surface area contributed by atoms with E-state index in [0.717, 1.165) is 42.4 Å². The van der Waals surface area contributed by atoms with E-state index >= 15 is 0 Å². The van der Waals surface area contributed by atoms with Gasteiger partial charge in [0.2, 0.25) is 5.91 Å². The minimum atomic E-state index is 0.0988. The molecule has 2 heterocycles. The summed E-state index contributed by atoms with van der Waals surface area (Å²) in [6.45, 7) is 8.18. The van der Waals surface area contributed by atoms with E-state index in [1.807, 2.05) is 4.90 Å². The van der Waals surface area contributed by atoms with Crippen molar-refractivity contribution >= 4 is 27.5 Å². The second-order valence-electron chi connectivity index (χ2n) is 7.41. The zero-order valence-electron chi connectivity index (χ0n) is 14.3. The number of rotatable bonds is 2. The molecule has 23 heavy (non-hydrogen) atoms. The molecular weight excluding hydrogens is 354 g/mol. The highest BCUT2D eigenvalue weighted by Crippen LogP contribution is 2.42. The summed E-state index contributed by atoms with van der Waals surface area (Å²) in [7, 11) is 0. The molecule has 0 bridgehead atoms. The number of carbonyl (C=O) groups is 1. The van der Waals surface area contributed by atoms with Gasteiger partial charge in [-0.3, -0.25) is 4.79 Å². The second-order valence-corrected chi connectivity index (χ2v) is 8.32. The van der Waals surface area contributed by atoms with Gasteiger partial charge in [0.15, 0.2) is 0 Å². The van der Waals surface area contributed by atoms with Crippen LogP contribution in [0.3, 0.4) is 0 Å². The Balaban J connectivity index is 1.89. The van der Waals surface area contributed by atoms with E-state index in [9.17, 15) is 4.79 Å². The van der Waals surface area contributed by atoms with Gasteiger partial charge < -0.3 is 9.64 Å². The van der Waals surface area contributed by atoms with Crippen LogP contribution in [0.4, 0.5) is 5.69 Å². The summed E-state index contributed by atoms with van der Waals surface area (Å²) in [5.41, 5.74) is 2.48. The number of benzene rings is 1. The quantitative estimate of drug-likeness (QED) is 0.746. The monoisotopic (exact) mass is 379 g/mol. The average molecular weight is 380 g/mol. The SMILES string of the molecule is CCC1CC(C(=O)N2CCC(C)(C)c3ccc(Br)cc32)CCO1. The van der Waals surface area contributed by atoms with Crippen LogP contribution in [0.1, 0.15) is 52.0 Å². The first-order chi connectivity index (χ1) is 10.9. The van der Waals surface area contributed by atoms with Crippen molar-refractivity contribution in [2.75, 3.05) is 18.1 Å². The molecule has 0 radical (unpaired) electrons. The lowest BCUT2D eigenvalue weighted by atomic mass is 9.77. The van der Waals surface area contributed by atoms with Crippen molar-refractivity contribution in [1.82, 2.24) is 0 Å². The summed E-state index contributed by atoms with van der Waals surface area (Å²) in [6.07, 6.45) is 3.94. The number of anilines is 1. The molecule has 1 fully saturated rings. The number of hydrogen-bond donors (Lipinski definition) is 0. The van der Waals surface area contributed by atoms with Gasteiger partial charge >= 0.3 is 0 Å². The van der Waals surface area contributed by atoms with Gasteiger partial charge in [-0.1, -0.05) is 42.8 Å². The first-order valence-corrected chi connectivity index (χ1v) is 9.44. The van der Waals surface area contributed by atoms with E-state index in [2.05, 4.69) is 54.9 Å². The van der Waals surface area contributed by atoms with Crippen LogP contribution in [0, 0.1) is 5.92 Å². The molecule has 126 valence electrons. The molecule has 1 saturated heterocycles. The van der Waals surface area contributed by atoms with Crippen molar-refractivity contribution in [2.45, 2.75) is 58.0 Å². The number of nitrogens with zero attached hydrogens (tertiary/aromatic N) is 1. The lowest BCUT2D eigenvalue weighted by Crippen LogP contribution is -2.45. The molecule has 2 aliphatic heterocycles. The van der Waals surface area contributed by atoms with E-state index in [0.29, 0.717) is 6.61 Å². The third-order valence-electron chi connectivity index (χ3n) is 5.38. The van der Waals surface area contributed by atoms with E-state index in [1.165, 1.54) is 5.56 Å². The first kappa shape index (κ1) is 17.0. The third kappa shape index (κ3) is 3.34. The van der Waals surface area contributed by atoms with Crippen molar-refractivity contribution in [3.63, 3.8) is 0 Å². The molecule has 3 rings (SSSR count). The summed E-state index contributed by atoms with van der Waals surface area (Å²) < 4.78 is 6.77. The summed E-state index contributed by atoms with van der Waals surface area (Å²) >= 11 is 3.56. The Labute approximate surface area is 147 Å².